The minimum absolute atomic E-state index is 0.668. The Morgan fingerprint density at radius 1 is 1.16 bits per heavy atom. The number of aryl methyl sites for hydroxylation is 1. The maximum Gasteiger partial charge on any atom is 0.222 e. The van der Waals surface area contributed by atoms with Crippen LogP contribution in [0, 0.1) is 6.92 Å². The molecule has 19 heavy (non-hydrogen) atoms. The molecule has 0 fully saturated rings. The molecular weight excluding hydrogens is 236 g/mol. The van der Waals surface area contributed by atoms with Crippen molar-refractivity contribution in [1.29, 1.82) is 0 Å². The first kappa shape index (κ1) is 13.5. The summed E-state index contributed by atoms with van der Waals surface area (Å²) in [5, 5.41) is 3.14. The highest BCUT2D eigenvalue weighted by atomic mass is 15.1. The van der Waals surface area contributed by atoms with Crippen LogP contribution >= 0.6 is 0 Å². The van der Waals surface area contributed by atoms with Crippen LogP contribution in [0.5, 0.6) is 0 Å². The third-order valence-corrected chi connectivity index (χ3v) is 2.86. The normalized spacial score (nSPS) is 10.4. The Balaban J connectivity index is 1.95. The molecule has 0 atom stereocenters. The van der Waals surface area contributed by atoms with Gasteiger partial charge in [0.2, 0.25) is 5.95 Å². The summed E-state index contributed by atoms with van der Waals surface area (Å²) in [5.41, 5.74) is 9.12. The number of rotatable bonds is 6. The Bertz CT molecular complexity index is 508. The van der Waals surface area contributed by atoms with Crippen molar-refractivity contribution in [1.82, 2.24) is 9.97 Å². The number of nitrogens with one attached hydrogen (secondary N) is 1. The quantitative estimate of drug-likeness (QED) is 0.777. The Morgan fingerprint density at radius 2 is 1.95 bits per heavy atom. The molecule has 4 heteroatoms. The maximum absolute atomic E-state index is 5.43. The molecule has 0 radical (unpaired) electrons. The smallest absolute Gasteiger partial charge is 0.222 e. The van der Waals surface area contributed by atoms with Crippen molar-refractivity contribution in [3.05, 3.63) is 53.3 Å². The van der Waals surface area contributed by atoms with E-state index in [0.29, 0.717) is 12.5 Å². The Labute approximate surface area is 114 Å². The average molecular weight is 256 g/mol. The fourth-order valence-electron chi connectivity index (χ4n) is 1.90. The van der Waals surface area contributed by atoms with Gasteiger partial charge in [0.25, 0.3) is 0 Å². The van der Waals surface area contributed by atoms with E-state index < -0.39 is 0 Å². The number of nitrogens with two attached hydrogens (primary N) is 1. The predicted octanol–water partition coefficient (Wildman–Crippen LogP) is 2.14. The zero-order valence-corrected chi connectivity index (χ0v) is 11.3. The molecule has 4 nitrogen and oxygen atoms in total. The lowest BCUT2D eigenvalue weighted by atomic mass is 10.1. The largest absolute Gasteiger partial charge is 0.354 e. The SMILES string of the molecule is Cc1cccc(Cc2cnc(NCCCN)nc2)c1. The highest BCUT2D eigenvalue weighted by Gasteiger charge is 1.99. The van der Waals surface area contributed by atoms with E-state index in [9.17, 15) is 0 Å². The summed E-state index contributed by atoms with van der Waals surface area (Å²) in [7, 11) is 0. The second-order valence-electron chi connectivity index (χ2n) is 4.65. The van der Waals surface area contributed by atoms with Crippen LogP contribution in [-0.2, 0) is 6.42 Å². The van der Waals surface area contributed by atoms with Crippen LogP contribution in [0.2, 0.25) is 0 Å². The lowest BCUT2D eigenvalue weighted by Gasteiger charge is -2.05. The number of hydrogen-bond acceptors (Lipinski definition) is 4. The molecular formula is C15H20N4. The van der Waals surface area contributed by atoms with Gasteiger partial charge in [-0.05, 0) is 31.0 Å². The van der Waals surface area contributed by atoms with E-state index in [1.54, 1.807) is 0 Å². The van der Waals surface area contributed by atoms with Crippen LogP contribution < -0.4 is 11.1 Å². The maximum atomic E-state index is 5.43. The van der Waals surface area contributed by atoms with Gasteiger partial charge in [0.15, 0.2) is 0 Å². The van der Waals surface area contributed by atoms with Crippen molar-refractivity contribution in [3.8, 4) is 0 Å². The lowest BCUT2D eigenvalue weighted by molar-refractivity contribution is 0.862. The highest BCUT2D eigenvalue weighted by Crippen LogP contribution is 2.10. The summed E-state index contributed by atoms with van der Waals surface area (Å²) in [4.78, 5) is 8.61. The molecule has 0 bridgehead atoms. The number of benzene rings is 1. The van der Waals surface area contributed by atoms with Crippen molar-refractivity contribution in [2.24, 2.45) is 5.73 Å². The molecule has 1 aromatic carbocycles. The first-order chi connectivity index (χ1) is 9.28. The van der Waals surface area contributed by atoms with E-state index in [0.717, 1.165) is 24.9 Å². The zero-order chi connectivity index (χ0) is 13.5. The van der Waals surface area contributed by atoms with Gasteiger partial charge >= 0.3 is 0 Å². The molecule has 1 aromatic heterocycles. The van der Waals surface area contributed by atoms with Gasteiger partial charge in [-0.1, -0.05) is 29.8 Å². The van der Waals surface area contributed by atoms with Gasteiger partial charge in [-0.15, -0.1) is 0 Å². The van der Waals surface area contributed by atoms with E-state index >= 15 is 0 Å². The van der Waals surface area contributed by atoms with Gasteiger partial charge in [-0.3, -0.25) is 0 Å². The van der Waals surface area contributed by atoms with Gasteiger partial charge in [-0.2, -0.15) is 0 Å². The minimum atomic E-state index is 0.668. The Morgan fingerprint density at radius 3 is 2.63 bits per heavy atom. The monoisotopic (exact) mass is 256 g/mol. The highest BCUT2D eigenvalue weighted by molar-refractivity contribution is 5.29. The van der Waals surface area contributed by atoms with E-state index in [4.69, 9.17) is 5.73 Å². The molecule has 3 N–H and O–H groups in total. The molecule has 2 aromatic rings. The summed E-state index contributed by atoms with van der Waals surface area (Å²) < 4.78 is 0. The molecule has 100 valence electrons. The van der Waals surface area contributed by atoms with Crippen LogP contribution in [0.1, 0.15) is 23.1 Å². The van der Waals surface area contributed by atoms with Crippen molar-refractivity contribution in [3.63, 3.8) is 0 Å². The van der Waals surface area contributed by atoms with Crippen LogP contribution in [0.15, 0.2) is 36.7 Å². The molecule has 0 spiro atoms. The number of nitrogens with zero attached hydrogens (tertiary/aromatic N) is 2. The number of hydrogen-bond donors (Lipinski definition) is 2. The summed E-state index contributed by atoms with van der Waals surface area (Å²) in [6.45, 7) is 3.59. The van der Waals surface area contributed by atoms with Crippen molar-refractivity contribution >= 4 is 5.95 Å². The first-order valence-corrected chi connectivity index (χ1v) is 6.58. The van der Waals surface area contributed by atoms with Crippen molar-refractivity contribution < 1.29 is 0 Å². The molecule has 0 aliphatic heterocycles. The van der Waals surface area contributed by atoms with Crippen molar-refractivity contribution in [2.75, 3.05) is 18.4 Å². The van der Waals surface area contributed by atoms with Gasteiger partial charge in [-0.25, -0.2) is 9.97 Å². The molecule has 0 saturated heterocycles. The van der Waals surface area contributed by atoms with Crippen LogP contribution in [0.3, 0.4) is 0 Å². The molecule has 0 unspecified atom stereocenters. The summed E-state index contributed by atoms with van der Waals surface area (Å²) in [5.74, 6) is 0.668. The second-order valence-corrected chi connectivity index (χ2v) is 4.65. The van der Waals surface area contributed by atoms with E-state index in [2.05, 4.69) is 46.5 Å². The summed E-state index contributed by atoms with van der Waals surface area (Å²) >= 11 is 0. The minimum Gasteiger partial charge on any atom is -0.354 e. The van der Waals surface area contributed by atoms with Crippen molar-refractivity contribution in [2.45, 2.75) is 19.8 Å². The molecule has 0 amide bonds. The standard InChI is InChI=1S/C15H20N4/c1-12-4-2-5-13(8-12)9-14-10-18-15(19-11-14)17-7-3-6-16/h2,4-5,8,10-11H,3,6-7,9,16H2,1H3,(H,17,18,19). The zero-order valence-electron chi connectivity index (χ0n) is 11.3. The number of anilines is 1. The van der Waals surface area contributed by atoms with Crippen LogP contribution in [-0.4, -0.2) is 23.1 Å². The predicted molar refractivity (Wildman–Crippen MR) is 78.2 cm³/mol. The van der Waals surface area contributed by atoms with E-state index in [1.807, 2.05) is 12.4 Å². The van der Waals surface area contributed by atoms with Gasteiger partial charge < -0.3 is 11.1 Å². The average Bonchev–Trinajstić information content (AvgIpc) is 2.41. The lowest BCUT2D eigenvalue weighted by Crippen LogP contribution is -2.10. The Kier molecular flexibility index (Phi) is 4.86. The van der Waals surface area contributed by atoms with Gasteiger partial charge in [0.05, 0.1) is 0 Å². The number of aromatic nitrogens is 2. The third kappa shape index (κ3) is 4.34. The van der Waals surface area contributed by atoms with Crippen LogP contribution in [0.4, 0.5) is 5.95 Å². The van der Waals surface area contributed by atoms with Gasteiger partial charge in [0.1, 0.15) is 0 Å². The topological polar surface area (TPSA) is 63.8 Å². The molecule has 0 aliphatic carbocycles. The molecule has 2 rings (SSSR count). The summed E-state index contributed by atoms with van der Waals surface area (Å²) in [6, 6.07) is 8.49. The molecule has 0 saturated carbocycles. The Hall–Kier alpha value is -1.94. The molecule has 0 aliphatic rings. The van der Waals surface area contributed by atoms with E-state index in [1.165, 1.54) is 11.1 Å². The third-order valence-electron chi connectivity index (χ3n) is 2.86. The van der Waals surface area contributed by atoms with Gasteiger partial charge in [0, 0.05) is 25.4 Å². The first-order valence-electron chi connectivity index (χ1n) is 6.58. The fourth-order valence-corrected chi connectivity index (χ4v) is 1.90. The second kappa shape index (κ2) is 6.85. The summed E-state index contributed by atoms with van der Waals surface area (Å²) in [6.07, 6.45) is 5.54. The fraction of sp³-hybridized carbons (Fsp3) is 0.333. The molecule has 1 heterocycles. The van der Waals surface area contributed by atoms with E-state index in [-0.39, 0.29) is 0 Å². The van der Waals surface area contributed by atoms with Crippen LogP contribution in [0.25, 0.3) is 0 Å².